The lowest BCUT2D eigenvalue weighted by Gasteiger charge is -2.20. The molecular weight excluding hydrogens is 542 g/mol. The van der Waals surface area contributed by atoms with Gasteiger partial charge in [-0.2, -0.15) is 4.31 Å². The SMILES string of the molecule is COc1ccc(S(=O)(=O)N(C)c2ccc(C(=O)NCCOc3ccc(S(=O)(=O)N4CCCC4)cc3)cc2)cc1. The number of rotatable bonds is 11. The van der Waals surface area contributed by atoms with Gasteiger partial charge in [0.15, 0.2) is 0 Å². The number of benzene rings is 3. The average molecular weight is 574 g/mol. The fourth-order valence-corrected chi connectivity index (χ4v) is 6.80. The molecule has 4 rings (SSSR count). The Balaban J connectivity index is 1.27. The predicted molar refractivity (Wildman–Crippen MR) is 147 cm³/mol. The lowest BCUT2D eigenvalue weighted by Crippen LogP contribution is -2.29. The molecule has 0 unspecified atom stereocenters. The number of amides is 1. The number of hydrogen-bond donors (Lipinski definition) is 1. The van der Waals surface area contributed by atoms with E-state index >= 15 is 0 Å². The average Bonchev–Trinajstić information content (AvgIpc) is 3.51. The summed E-state index contributed by atoms with van der Waals surface area (Å²) in [6.07, 6.45) is 1.75. The van der Waals surface area contributed by atoms with Crippen molar-refractivity contribution in [2.75, 3.05) is 44.7 Å². The topological polar surface area (TPSA) is 122 Å². The monoisotopic (exact) mass is 573 g/mol. The third-order valence-corrected chi connectivity index (χ3v) is 10.1. The van der Waals surface area contributed by atoms with E-state index in [1.54, 1.807) is 48.5 Å². The van der Waals surface area contributed by atoms with Gasteiger partial charge in [-0.1, -0.05) is 0 Å². The van der Waals surface area contributed by atoms with Gasteiger partial charge in [0, 0.05) is 25.7 Å². The summed E-state index contributed by atoms with van der Waals surface area (Å²) in [5, 5.41) is 2.75. The van der Waals surface area contributed by atoms with Gasteiger partial charge in [-0.25, -0.2) is 16.8 Å². The minimum atomic E-state index is -3.78. The number of ether oxygens (including phenoxy) is 2. The van der Waals surface area contributed by atoms with E-state index in [1.165, 1.54) is 42.7 Å². The van der Waals surface area contributed by atoms with Crippen LogP contribution in [0.5, 0.6) is 11.5 Å². The van der Waals surface area contributed by atoms with Gasteiger partial charge in [-0.3, -0.25) is 9.10 Å². The molecule has 3 aromatic rings. The minimum Gasteiger partial charge on any atom is -0.497 e. The van der Waals surface area contributed by atoms with Gasteiger partial charge in [0.1, 0.15) is 18.1 Å². The van der Waals surface area contributed by atoms with Crippen LogP contribution in [0.2, 0.25) is 0 Å². The fourth-order valence-electron chi connectivity index (χ4n) is 4.09. The Bertz CT molecular complexity index is 1480. The molecule has 1 amide bonds. The molecule has 12 heteroatoms. The van der Waals surface area contributed by atoms with Crippen LogP contribution >= 0.6 is 0 Å². The lowest BCUT2D eigenvalue weighted by molar-refractivity contribution is 0.0947. The molecule has 3 aromatic carbocycles. The zero-order valence-electron chi connectivity index (χ0n) is 21.7. The number of nitrogens with zero attached hydrogens (tertiary/aromatic N) is 2. The molecule has 1 fully saturated rings. The smallest absolute Gasteiger partial charge is 0.264 e. The number of methoxy groups -OCH3 is 1. The van der Waals surface area contributed by atoms with E-state index in [0.29, 0.717) is 35.8 Å². The van der Waals surface area contributed by atoms with Crippen LogP contribution < -0.4 is 19.1 Å². The van der Waals surface area contributed by atoms with Crippen molar-refractivity contribution in [3.05, 3.63) is 78.4 Å². The van der Waals surface area contributed by atoms with Crippen LogP contribution in [0.25, 0.3) is 0 Å². The summed E-state index contributed by atoms with van der Waals surface area (Å²) in [6.45, 7) is 1.50. The third-order valence-electron chi connectivity index (χ3n) is 6.39. The molecule has 1 saturated heterocycles. The summed E-state index contributed by atoms with van der Waals surface area (Å²) in [5.41, 5.74) is 0.770. The highest BCUT2D eigenvalue weighted by Crippen LogP contribution is 2.25. The zero-order chi connectivity index (χ0) is 28.0. The number of sulfonamides is 2. The number of carbonyl (C=O) groups is 1. The third kappa shape index (κ3) is 6.52. The van der Waals surface area contributed by atoms with E-state index in [-0.39, 0.29) is 28.8 Å². The van der Waals surface area contributed by atoms with Crippen molar-refractivity contribution in [3.8, 4) is 11.5 Å². The summed E-state index contributed by atoms with van der Waals surface area (Å²) < 4.78 is 64.4. The standard InChI is InChI=1S/C27H31N3O7S2/c1-29(38(32,33)25-13-9-23(36-2)10-14-25)22-7-5-21(6-8-22)27(31)28-17-20-37-24-11-15-26(16-12-24)39(34,35)30-18-3-4-19-30/h5-16H,3-4,17-20H2,1-2H3,(H,28,31). The van der Waals surface area contributed by atoms with Crippen LogP contribution in [0.4, 0.5) is 5.69 Å². The van der Waals surface area contributed by atoms with Gasteiger partial charge < -0.3 is 14.8 Å². The lowest BCUT2D eigenvalue weighted by atomic mass is 10.2. The van der Waals surface area contributed by atoms with Crippen molar-refractivity contribution >= 4 is 31.6 Å². The van der Waals surface area contributed by atoms with E-state index in [9.17, 15) is 21.6 Å². The number of anilines is 1. The first-order chi connectivity index (χ1) is 18.6. The van der Waals surface area contributed by atoms with Crippen molar-refractivity contribution in [3.63, 3.8) is 0 Å². The van der Waals surface area contributed by atoms with Crippen molar-refractivity contribution in [2.24, 2.45) is 0 Å². The molecule has 1 aliphatic rings. The Hall–Kier alpha value is -3.61. The zero-order valence-corrected chi connectivity index (χ0v) is 23.4. The Morgan fingerprint density at radius 2 is 1.41 bits per heavy atom. The van der Waals surface area contributed by atoms with Gasteiger partial charge in [-0.15, -0.1) is 0 Å². The first kappa shape index (κ1) is 28.4. The van der Waals surface area contributed by atoms with Crippen molar-refractivity contribution in [1.82, 2.24) is 9.62 Å². The minimum absolute atomic E-state index is 0.121. The number of hydrogen-bond acceptors (Lipinski definition) is 7. The fraction of sp³-hybridized carbons (Fsp3) is 0.296. The second-order valence-corrected chi connectivity index (χ2v) is 12.8. The molecule has 0 bridgehead atoms. The van der Waals surface area contributed by atoms with E-state index in [2.05, 4.69) is 5.32 Å². The predicted octanol–water partition coefficient (Wildman–Crippen LogP) is 3.11. The molecule has 208 valence electrons. The highest BCUT2D eigenvalue weighted by atomic mass is 32.2. The Morgan fingerprint density at radius 3 is 2.00 bits per heavy atom. The number of carbonyl (C=O) groups excluding carboxylic acids is 1. The van der Waals surface area contributed by atoms with Gasteiger partial charge in [-0.05, 0) is 85.6 Å². The van der Waals surface area contributed by atoms with Crippen LogP contribution in [-0.4, -0.2) is 67.4 Å². The van der Waals surface area contributed by atoms with Crippen LogP contribution in [0.1, 0.15) is 23.2 Å². The Labute approximate surface area is 229 Å². The van der Waals surface area contributed by atoms with E-state index in [0.717, 1.165) is 17.1 Å². The normalized spacial score (nSPS) is 14.1. The van der Waals surface area contributed by atoms with Gasteiger partial charge in [0.25, 0.3) is 15.9 Å². The van der Waals surface area contributed by atoms with E-state index in [4.69, 9.17) is 9.47 Å². The molecule has 0 aliphatic carbocycles. The summed E-state index contributed by atoms with van der Waals surface area (Å²) in [5.74, 6) is 0.714. The summed E-state index contributed by atoms with van der Waals surface area (Å²) in [7, 11) is -4.31. The molecule has 1 heterocycles. The molecule has 0 spiro atoms. The molecule has 1 N–H and O–H groups in total. The summed E-state index contributed by atoms with van der Waals surface area (Å²) in [6, 6.07) is 18.5. The molecule has 0 aromatic heterocycles. The van der Waals surface area contributed by atoms with Crippen LogP contribution in [0.3, 0.4) is 0 Å². The van der Waals surface area contributed by atoms with Gasteiger partial charge in [0.05, 0.1) is 29.1 Å². The molecular formula is C27H31N3O7S2. The first-order valence-electron chi connectivity index (χ1n) is 12.4. The quantitative estimate of drug-likeness (QED) is 0.350. The number of nitrogens with one attached hydrogen (secondary N) is 1. The molecule has 0 saturated carbocycles. The Morgan fingerprint density at radius 1 is 0.846 bits per heavy atom. The molecule has 0 radical (unpaired) electrons. The van der Waals surface area contributed by atoms with Crippen molar-refractivity contribution < 1.29 is 31.1 Å². The maximum atomic E-state index is 12.9. The van der Waals surface area contributed by atoms with Crippen LogP contribution in [0.15, 0.2) is 82.6 Å². The largest absolute Gasteiger partial charge is 0.497 e. The van der Waals surface area contributed by atoms with Gasteiger partial charge >= 0.3 is 0 Å². The van der Waals surface area contributed by atoms with E-state index in [1.807, 2.05) is 0 Å². The van der Waals surface area contributed by atoms with Crippen molar-refractivity contribution in [1.29, 1.82) is 0 Å². The first-order valence-corrected chi connectivity index (χ1v) is 15.3. The second-order valence-electron chi connectivity index (χ2n) is 8.88. The van der Waals surface area contributed by atoms with Gasteiger partial charge in [0.2, 0.25) is 10.0 Å². The second kappa shape index (κ2) is 12.1. The maximum absolute atomic E-state index is 12.9. The van der Waals surface area contributed by atoms with Crippen molar-refractivity contribution in [2.45, 2.75) is 22.6 Å². The molecule has 0 atom stereocenters. The van der Waals surface area contributed by atoms with E-state index < -0.39 is 20.0 Å². The highest BCUT2D eigenvalue weighted by molar-refractivity contribution is 7.92. The van der Waals surface area contributed by atoms with Crippen LogP contribution in [-0.2, 0) is 20.0 Å². The summed E-state index contributed by atoms with van der Waals surface area (Å²) in [4.78, 5) is 12.9. The molecule has 39 heavy (non-hydrogen) atoms. The molecule has 10 nitrogen and oxygen atoms in total. The maximum Gasteiger partial charge on any atom is 0.264 e. The Kier molecular flexibility index (Phi) is 8.78. The highest BCUT2D eigenvalue weighted by Gasteiger charge is 2.27. The summed E-state index contributed by atoms with van der Waals surface area (Å²) >= 11 is 0. The van der Waals surface area contributed by atoms with Crippen LogP contribution in [0, 0.1) is 0 Å². The molecule has 1 aliphatic heterocycles.